The molecule has 6 nitrogen and oxygen atoms in total. The molecule has 2 aromatic carbocycles. The molecule has 0 unspecified atom stereocenters. The number of ether oxygens (including phenoxy) is 2. The minimum atomic E-state index is -0.149. The third-order valence-corrected chi connectivity index (χ3v) is 4.62. The molecule has 0 aliphatic carbocycles. The number of hydrogen-bond acceptors (Lipinski definition) is 4. The number of para-hydroxylation sites is 1. The van der Waals surface area contributed by atoms with Crippen LogP contribution >= 0.6 is 11.6 Å². The second-order valence-electron chi connectivity index (χ2n) is 6.39. The van der Waals surface area contributed by atoms with Crippen molar-refractivity contribution in [1.29, 1.82) is 0 Å². The molecule has 0 atom stereocenters. The highest BCUT2D eigenvalue weighted by molar-refractivity contribution is 6.17. The highest BCUT2D eigenvalue weighted by atomic mass is 35.5. The van der Waals surface area contributed by atoms with Crippen molar-refractivity contribution >= 4 is 23.5 Å². The second-order valence-corrected chi connectivity index (χ2v) is 6.77. The predicted molar refractivity (Wildman–Crippen MR) is 116 cm³/mol. The molecule has 0 N–H and O–H groups in total. The van der Waals surface area contributed by atoms with E-state index < -0.39 is 0 Å². The van der Waals surface area contributed by atoms with Crippen molar-refractivity contribution in [2.45, 2.75) is 6.92 Å². The van der Waals surface area contributed by atoms with Gasteiger partial charge in [-0.2, -0.15) is 0 Å². The van der Waals surface area contributed by atoms with E-state index in [2.05, 4.69) is 4.99 Å². The van der Waals surface area contributed by atoms with Gasteiger partial charge < -0.3 is 9.47 Å². The maximum atomic E-state index is 12.9. The summed E-state index contributed by atoms with van der Waals surface area (Å²) in [6.07, 6.45) is 1.69. The molecule has 152 valence electrons. The first-order valence-electron chi connectivity index (χ1n) is 9.36. The van der Waals surface area contributed by atoms with Crippen molar-refractivity contribution in [3.05, 3.63) is 76.2 Å². The number of nitrogens with zero attached hydrogens (tertiary/aromatic N) is 3. The minimum absolute atomic E-state index is 0.149. The molecule has 0 radical (unpaired) electrons. The van der Waals surface area contributed by atoms with Crippen molar-refractivity contribution in [1.82, 2.24) is 9.36 Å². The van der Waals surface area contributed by atoms with Gasteiger partial charge >= 0.3 is 0 Å². The van der Waals surface area contributed by atoms with Crippen LogP contribution in [0.15, 0.2) is 64.4 Å². The van der Waals surface area contributed by atoms with Crippen LogP contribution in [0, 0.1) is 6.92 Å². The molecule has 0 saturated heterocycles. The summed E-state index contributed by atoms with van der Waals surface area (Å²) in [5, 5.41) is 0. The minimum Gasteiger partial charge on any atom is -0.491 e. The molecular weight excluding hydrogens is 390 g/mol. The molecular formula is C22H24ClN3O3. The third-order valence-electron chi connectivity index (χ3n) is 4.46. The number of aromatic nitrogens is 2. The molecule has 0 saturated carbocycles. The third kappa shape index (κ3) is 5.16. The van der Waals surface area contributed by atoms with Gasteiger partial charge in [0, 0.05) is 19.1 Å². The first-order valence-corrected chi connectivity index (χ1v) is 9.90. The van der Waals surface area contributed by atoms with Crippen molar-refractivity contribution in [2.75, 3.05) is 25.7 Å². The Morgan fingerprint density at radius 3 is 2.45 bits per heavy atom. The van der Waals surface area contributed by atoms with Gasteiger partial charge in [-0.15, -0.1) is 11.6 Å². The molecule has 0 fully saturated rings. The molecule has 0 spiro atoms. The maximum Gasteiger partial charge on any atom is 0.297 e. The maximum absolute atomic E-state index is 12.9. The zero-order valence-corrected chi connectivity index (χ0v) is 17.3. The van der Waals surface area contributed by atoms with Crippen LogP contribution < -0.4 is 10.3 Å². The Balaban J connectivity index is 1.71. The van der Waals surface area contributed by atoms with Gasteiger partial charge in [0.15, 0.2) is 5.69 Å². The first-order chi connectivity index (χ1) is 14.1. The van der Waals surface area contributed by atoms with E-state index in [-0.39, 0.29) is 5.56 Å². The second kappa shape index (κ2) is 10.1. The quantitative estimate of drug-likeness (QED) is 0.304. The molecule has 7 heteroatoms. The number of halogens is 1. The SMILES string of the molecule is Cc1c(N=Cc2ccc(OCCOCCCl)cc2)c(=O)n(-c2ccccc2)n1C. The van der Waals surface area contributed by atoms with Crippen molar-refractivity contribution in [3.8, 4) is 11.4 Å². The molecule has 29 heavy (non-hydrogen) atoms. The summed E-state index contributed by atoms with van der Waals surface area (Å²) >= 11 is 5.55. The van der Waals surface area contributed by atoms with E-state index in [0.717, 1.165) is 22.7 Å². The first kappa shape index (κ1) is 20.9. The number of rotatable bonds is 9. The van der Waals surface area contributed by atoms with E-state index in [1.54, 1.807) is 10.9 Å². The molecule has 3 rings (SSSR count). The summed E-state index contributed by atoms with van der Waals surface area (Å²) in [5.41, 5.74) is 2.76. The van der Waals surface area contributed by atoms with Crippen LogP contribution in [0.3, 0.4) is 0 Å². The van der Waals surface area contributed by atoms with E-state index in [0.29, 0.717) is 31.4 Å². The predicted octanol–water partition coefficient (Wildman–Crippen LogP) is 3.87. The normalized spacial score (nSPS) is 11.3. The summed E-state index contributed by atoms with van der Waals surface area (Å²) < 4.78 is 14.3. The molecule has 0 amide bonds. The van der Waals surface area contributed by atoms with Crippen molar-refractivity contribution in [2.24, 2.45) is 12.0 Å². The van der Waals surface area contributed by atoms with Crippen LogP contribution in [0.1, 0.15) is 11.3 Å². The molecule has 0 bridgehead atoms. The van der Waals surface area contributed by atoms with Gasteiger partial charge in [0.25, 0.3) is 5.56 Å². The topological polar surface area (TPSA) is 57.8 Å². The molecule has 1 aromatic heterocycles. The number of benzene rings is 2. The lowest BCUT2D eigenvalue weighted by Crippen LogP contribution is -2.19. The fourth-order valence-electron chi connectivity index (χ4n) is 2.87. The average Bonchev–Trinajstić information content (AvgIpc) is 2.96. The molecule has 1 heterocycles. The lowest BCUT2D eigenvalue weighted by atomic mass is 10.2. The zero-order valence-electron chi connectivity index (χ0n) is 16.5. The number of aliphatic imine (C=N–C) groups is 1. The van der Waals surface area contributed by atoms with Crippen molar-refractivity contribution < 1.29 is 9.47 Å². The van der Waals surface area contributed by atoms with Crippen LogP contribution in [0.5, 0.6) is 5.75 Å². The van der Waals surface area contributed by atoms with E-state index in [1.807, 2.05) is 73.3 Å². The van der Waals surface area contributed by atoms with E-state index in [4.69, 9.17) is 21.1 Å². The average molecular weight is 414 g/mol. The fourth-order valence-corrected chi connectivity index (χ4v) is 2.98. The molecule has 0 aliphatic heterocycles. The highest BCUT2D eigenvalue weighted by Gasteiger charge is 2.14. The smallest absolute Gasteiger partial charge is 0.297 e. The van der Waals surface area contributed by atoms with Gasteiger partial charge in [0.05, 0.1) is 24.6 Å². The lowest BCUT2D eigenvalue weighted by molar-refractivity contribution is 0.111. The van der Waals surface area contributed by atoms with Crippen LogP contribution in [0.4, 0.5) is 5.69 Å². The zero-order chi connectivity index (χ0) is 20.6. The summed E-state index contributed by atoms with van der Waals surface area (Å²) in [7, 11) is 1.85. The summed E-state index contributed by atoms with van der Waals surface area (Å²) in [5.74, 6) is 1.23. The van der Waals surface area contributed by atoms with Gasteiger partial charge in [0.2, 0.25) is 0 Å². The van der Waals surface area contributed by atoms with Crippen LogP contribution in [-0.4, -0.2) is 41.3 Å². The number of hydrogen-bond donors (Lipinski definition) is 0. The Labute approximate surface area is 175 Å². The van der Waals surface area contributed by atoms with Gasteiger partial charge in [-0.3, -0.25) is 9.48 Å². The van der Waals surface area contributed by atoms with Crippen LogP contribution in [-0.2, 0) is 11.8 Å². The molecule has 0 aliphatic rings. The van der Waals surface area contributed by atoms with E-state index in [1.165, 1.54) is 0 Å². The standard InChI is InChI=1S/C22H24ClN3O3/c1-17-21(22(27)26(25(17)2)19-6-4-3-5-7-19)24-16-18-8-10-20(11-9-18)29-15-14-28-13-12-23/h3-11,16H,12-15H2,1-2H3. The van der Waals surface area contributed by atoms with Crippen LogP contribution in [0.25, 0.3) is 5.69 Å². The Morgan fingerprint density at radius 2 is 1.76 bits per heavy atom. The molecule has 3 aromatic rings. The summed E-state index contributed by atoms with van der Waals surface area (Å²) in [6.45, 7) is 3.37. The summed E-state index contributed by atoms with van der Waals surface area (Å²) in [4.78, 5) is 17.3. The van der Waals surface area contributed by atoms with Gasteiger partial charge in [-0.05, 0) is 48.9 Å². The Hall–Kier alpha value is -2.83. The highest BCUT2D eigenvalue weighted by Crippen LogP contribution is 2.17. The lowest BCUT2D eigenvalue weighted by Gasteiger charge is -2.07. The Morgan fingerprint density at radius 1 is 1.03 bits per heavy atom. The monoisotopic (exact) mass is 413 g/mol. The Kier molecular flexibility index (Phi) is 7.27. The van der Waals surface area contributed by atoms with E-state index >= 15 is 0 Å². The van der Waals surface area contributed by atoms with Gasteiger partial charge in [0.1, 0.15) is 12.4 Å². The van der Waals surface area contributed by atoms with Gasteiger partial charge in [-0.1, -0.05) is 18.2 Å². The number of alkyl halides is 1. The summed E-state index contributed by atoms with van der Waals surface area (Å²) in [6, 6.07) is 17.0. The Bertz CT molecular complexity index is 1010. The van der Waals surface area contributed by atoms with Crippen LogP contribution in [0.2, 0.25) is 0 Å². The largest absolute Gasteiger partial charge is 0.491 e. The fraction of sp³-hybridized carbons (Fsp3) is 0.273. The van der Waals surface area contributed by atoms with Gasteiger partial charge in [-0.25, -0.2) is 9.67 Å². The van der Waals surface area contributed by atoms with Crippen molar-refractivity contribution in [3.63, 3.8) is 0 Å². The van der Waals surface area contributed by atoms with E-state index in [9.17, 15) is 4.79 Å².